The first-order valence-corrected chi connectivity index (χ1v) is 49.5. The van der Waals surface area contributed by atoms with Crippen molar-refractivity contribution in [2.45, 2.75) is 0 Å². The summed E-state index contributed by atoms with van der Waals surface area (Å²) < 4.78 is 11.2. The van der Waals surface area contributed by atoms with Gasteiger partial charge in [-0.3, -0.25) is 0 Å². The van der Waals surface area contributed by atoms with Gasteiger partial charge in [-0.05, 0) is 165 Å². The van der Waals surface area contributed by atoms with E-state index in [2.05, 4.69) is 464 Å². The van der Waals surface area contributed by atoms with Crippen molar-refractivity contribution >= 4 is 163 Å². The van der Waals surface area contributed by atoms with Gasteiger partial charge >= 0.3 is 0 Å². The van der Waals surface area contributed by atoms with Crippen LogP contribution in [-0.2, 0) is 0 Å². The molecule has 0 N–H and O–H groups in total. The summed E-state index contributed by atoms with van der Waals surface area (Å²) in [7, 11) is 0. The lowest BCUT2D eigenvalue weighted by Gasteiger charge is -2.14. The maximum absolute atomic E-state index is 6.39. The summed E-state index contributed by atoms with van der Waals surface area (Å²) in [6, 6.07) is 176. The van der Waals surface area contributed by atoms with Crippen LogP contribution in [0.3, 0.4) is 0 Å². The second-order valence-corrected chi connectivity index (χ2v) is 37.3. The molecule has 12 heteroatoms. The molecule has 0 fully saturated rings. The Hall–Kier alpha value is -20.0. The third kappa shape index (κ3) is 15.0. The van der Waals surface area contributed by atoms with Crippen LogP contribution >= 0.6 is 0 Å². The minimum Gasteiger partial charge on any atom is -0.455 e. The minimum atomic E-state index is 0.627. The van der Waals surface area contributed by atoms with Crippen LogP contribution in [0.1, 0.15) is 0 Å². The molecule has 6 heterocycles. The zero-order valence-corrected chi connectivity index (χ0v) is 79.2. The fraction of sp³-hybridized carbons (Fsp3) is 0. The zero-order valence-electron chi connectivity index (χ0n) is 79.2. The highest BCUT2D eigenvalue weighted by atomic mass is 16.3. The SMILES string of the molecule is c1ccc(-c2nc(-c3cccc(-c4cc5c6ccccc6oc5c5ccccc45)c3)nc(-c3cc4ccccc4c4ccccc34)n2)cc1.c1ccc(-c2nc(-c3cccc4ccccc34)nc(-c3cccc4ccc5c6ccccc6n(-c6ccccc6)c5c34)n2)cc1.c1ccc2cc(-c3nc(-c4ccc5ccccc5c4)nc(-c4cccc5c4ccc4c6ccccc6n(-c6ccc7ccccc7c6)c54)n3)ccc2c1. The van der Waals surface area contributed by atoms with E-state index in [0.717, 1.165) is 170 Å². The first-order chi connectivity index (χ1) is 72.9. The Bertz CT molecular complexity index is 10500. The molecule has 24 aromatic carbocycles. The maximum Gasteiger partial charge on any atom is 0.164 e. The minimum absolute atomic E-state index is 0.627. The molecule has 147 heavy (non-hydrogen) atoms. The van der Waals surface area contributed by atoms with E-state index in [-0.39, 0.29) is 0 Å². The Balaban J connectivity index is 0.000000107. The van der Waals surface area contributed by atoms with Gasteiger partial charge in [-0.1, -0.05) is 431 Å². The van der Waals surface area contributed by atoms with E-state index in [9.17, 15) is 0 Å². The Kier molecular flexibility index (Phi) is 20.6. The van der Waals surface area contributed by atoms with Crippen LogP contribution in [0.4, 0.5) is 0 Å². The highest BCUT2D eigenvalue weighted by Gasteiger charge is 2.27. The smallest absolute Gasteiger partial charge is 0.164 e. The molecule has 684 valence electrons. The van der Waals surface area contributed by atoms with Crippen molar-refractivity contribution in [3.63, 3.8) is 0 Å². The number of fused-ring (bicyclic) bond motifs is 22. The molecular weight excluding hydrogens is 1790 g/mol. The first kappa shape index (κ1) is 85.1. The van der Waals surface area contributed by atoms with Gasteiger partial charge in [0.15, 0.2) is 52.4 Å². The molecule has 30 aromatic rings. The molecule has 0 atom stereocenters. The summed E-state index contributed by atoms with van der Waals surface area (Å²) in [6.07, 6.45) is 0. The van der Waals surface area contributed by atoms with Crippen molar-refractivity contribution in [2.24, 2.45) is 0 Å². The van der Waals surface area contributed by atoms with Crippen LogP contribution in [-0.4, -0.2) is 54.0 Å². The van der Waals surface area contributed by atoms with Crippen LogP contribution in [0, 0.1) is 0 Å². The third-order valence-corrected chi connectivity index (χ3v) is 28.7. The number of para-hydroxylation sites is 4. The normalized spacial score (nSPS) is 11.7. The van der Waals surface area contributed by atoms with Crippen LogP contribution in [0.25, 0.3) is 287 Å². The molecule has 0 radical (unpaired) electrons. The van der Waals surface area contributed by atoms with Gasteiger partial charge in [0.05, 0.1) is 22.1 Å². The van der Waals surface area contributed by atoms with E-state index in [4.69, 9.17) is 49.3 Å². The monoisotopic (exact) mass is 1870 g/mol. The standard InChI is InChI=1S/C49H30N4.C45H27N3O.C41H26N4/c1-4-13-34-28-37(22-20-31(34)10-1)47-50-48(38-23-21-32-11-2-5-14-35(32)29-38)52-49(51-47)44-18-9-17-42-40(44)26-27-43-41-16-7-8-19-45(41)53(46(42)43)39-25-24-33-12-3-6-15-36(33)30-39;1-2-13-28(14-3-1)43-46-44(48-45(47-43)40-26-30-15-4-5-18-32(30)33-19-6-7-20-34(33)40)31-17-12-16-29(25-31)38-27-39-36-22-10-11-24-41(36)49-42(39)37-23-9-8-21-35(37)38;1-3-14-29(15-4-1)39-42-40(34-22-11-16-27-13-7-8-20-31(27)34)44-41(43-39)35-23-12-17-28-25-26-33-32-21-9-10-24-36(32)45(38(33)37(28)35)30-18-5-2-6-19-30/h1-30H;1-27H;1-26H. The van der Waals surface area contributed by atoms with E-state index in [1.807, 2.05) is 48.5 Å². The number of aromatic nitrogens is 11. The molecule has 0 aliphatic heterocycles. The van der Waals surface area contributed by atoms with Crippen molar-refractivity contribution in [3.8, 4) is 125 Å². The van der Waals surface area contributed by atoms with Gasteiger partial charge in [-0.25, -0.2) is 44.9 Å². The second-order valence-electron chi connectivity index (χ2n) is 37.3. The summed E-state index contributed by atoms with van der Waals surface area (Å²) in [5.74, 6) is 5.80. The lowest BCUT2D eigenvalue weighted by Crippen LogP contribution is -2.01. The van der Waals surface area contributed by atoms with Crippen molar-refractivity contribution in [2.75, 3.05) is 0 Å². The predicted octanol–water partition coefficient (Wildman–Crippen LogP) is 34.8. The van der Waals surface area contributed by atoms with Crippen molar-refractivity contribution in [3.05, 3.63) is 504 Å². The zero-order chi connectivity index (χ0) is 96.9. The quantitative estimate of drug-likeness (QED) is 0.109. The molecule has 0 unspecified atom stereocenters. The summed E-state index contributed by atoms with van der Waals surface area (Å²) in [6.45, 7) is 0. The number of rotatable bonds is 12. The number of benzene rings is 24. The molecule has 6 aromatic heterocycles. The van der Waals surface area contributed by atoms with Gasteiger partial charge in [0.25, 0.3) is 0 Å². The largest absolute Gasteiger partial charge is 0.455 e. The van der Waals surface area contributed by atoms with Crippen LogP contribution < -0.4 is 0 Å². The molecule has 30 rings (SSSR count). The van der Waals surface area contributed by atoms with Gasteiger partial charge in [0.1, 0.15) is 11.2 Å². The molecule has 0 spiro atoms. The number of nitrogens with zero attached hydrogens (tertiary/aromatic N) is 11. The Morgan fingerprint density at radius 1 is 0.150 bits per heavy atom. The third-order valence-electron chi connectivity index (χ3n) is 28.7. The Morgan fingerprint density at radius 2 is 0.510 bits per heavy atom. The fourth-order valence-corrected chi connectivity index (χ4v) is 21.8. The summed E-state index contributed by atoms with van der Waals surface area (Å²) in [5, 5.41) is 27.8. The average Bonchev–Trinajstić information content (AvgIpc) is 1.78. The van der Waals surface area contributed by atoms with E-state index in [1.54, 1.807) is 0 Å². The lowest BCUT2D eigenvalue weighted by molar-refractivity contribution is 0.672. The molecule has 0 aliphatic carbocycles. The second kappa shape index (κ2) is 35.7. The highest BCUT2D eigenvalue weighted by Crippen LogP contribution is 2.47. The summed E-state index contributed by atoms with van der Waals surface area (Å²) >= 11 is 0. The maximum atomic E-state index is 6.39. The van der Waals surface area contributed by atoms with Gasteiger partial charge in [-0.2, -0.15) is 0 Å². The van der Waals surface area contributed by atoms with Crippen molar-refractivity contribution < 1.29 is 4.42 Å². The van der Waals surface area contributed by atoms with E-state index in [0.29, 0.717) is 52.4 Å². The van der Waals surface area contributed by atoms with Gasteiger partial charge < -0.3 is 13.6 Å². The van der Waals surface area contributed by atoms with Crippen LogP contribution in [0.15, 0.2) is 508 Å². The molecule has 0 bridgehead atoms. The van der Waals surface area contributed by atoms with E-state index >= 15 is 0 Å². The summed E-state index contributed by atoms with van der Waals surface area (Å²) in [5.41, 5.74) is 19.5. The molecular formula is C135H83N11O. The van der Waals surface area contributed by atoms with Crippen LogP contribution in [0.2, 0.25) is 0 Å². The molecule has 12 nitrogen and oxygen atoms in total. The van der Waals surface area contributed by atoms with E-state index < -0.39 is 0 Å². The molecule has 0 saturated carbocycles. The van der Waals surface area contributed by atoms with E-state index in [1.165, 1.54) is 64.9 Å². The number of hydrogen-bond donors (Lipinski definition) is 0. The van der Waals surface area contributed by atoms with Crippen molar-refractivity contribution in [1.29, 1.82) is 0 Å². The predicted molar refractivity (Wildman–Crippen MR) is 607 cm³/mol. The fourth-order valence-electron chi connectivity index (χ4n) is 21.8. The Morgan fingerprint density at radius 3 is 1.14 bits per heavy atom. The molecule has 0 saturated heterocycles. The molecule has 0 aliphatic rings. The first-order valence-electron chi connectivity index (χ1n) is 49.5. The van der Waals surface area contributed by atoms with Gasteiger partial charge in [-0.15, -0.1) is 0 Å². The highest BCUT2D eigenvalue weighted by molar-refractivity contribution is 6.24. The summed E-state index contributed by atoms with van der Waals surface area (Å²) in [4.78, 5) is 46.4. The topological polar surface area (TPSA) is 139 Å². The Labute approximate surface area is 843 Å². The molecule has 0 amide bonds. The van der Waals surface area contributed by atoms with Crippen LogP contribution in [0.5, 0.6) is 0 Å². The lowest BCUT2D eigenvalue weighted by atomic mass is 9.94. The van der Waals surface area contributed by atoms with Gasteiger partial charge in [0, 0.05) is 110 Å². The van der Waals surface area contributed by atoms with Gasteiger partial charge in [0.2, 0.25) is 0 Å². The van der Waals surface area contributed by atoms with Crippen molar-refractivity contribution in [1.82, 2.24) is 54.0 Å². The number of hydrogen-bond acceptors (Lipinski definition) is 10. The number of furan rings is 1. The average molecular weight is 1880 g/mol.